The number of rotatable bonds is 6. The molecule has 0 bridgehead atoms. The van der Waals surface area contributed by atoms with E-state index in [1.54, 1.807) is 32.0 Å². The summed E-state index contributed by atoms with van der Waals surface area (Å²) in [6.45, 7) is 3.21. The highest BCUT2D eigenvalue weighted by molar-refractivity contribution is 6.07. The Bertz CT molecular complexity index is 921. The van der Waals surface area contributed by atoms with Crippen LogP contribution < -0.4 is 16.7 Å². The van der Waals surface area contributed by atoms with Gasteiger partial charge in [0, 0.05) is 11.6 Å². The number of nitrogens with two attached hydrogens (primary N) is 1. The number of esters is 2. The summed E-state index contributed by atoms with van der Waals surface area (Å²) in [5, 5.41) is 0. The van der Waals surface area contributed by atoms with Gasteiger partial charge in [-0.15, -0.1) is 0 Å². The van der Waals surface area contributed by atoms with E-state index in [0.717, 1.165) is 6.07 Å². The van der Waals surface area contributed by atoms with Crippen LogP contribution in [0.25, 0.3) is 0 Å². The molecule has 9 nitrogen and oxygen atoms in total. The molecule has 3 N–H and O–H groups in total. The molecule has 142 valence electrons. The minimum atomic E-state index is -0.916. The number of carbonyl (C=O) groups is 3. The molecule has 27 heavy (non-hydrogen) atoms. The number of hydrogen-bond donors (Lipinski definition) is 2. The summed E-state index contributed by atoms with van der Waals surface area (Å²) in [4.78, 5) is 49.1. The van der Waals surface area contributed by atoms with Crippen molar-refractivity contribution >= 4 is 23.7 Å². The summed E-state index contributed by atoms with van der Waals surface area (Å²) in [5.74, 6) is -2.87. The number of amides is 1. The van der Waals surface area contributed by atoms with Gasteiger partial charge in [-0.1, -0.05) is 18.2 Å². The zero-order chi connectivity index (χ0) is 20.0. The lowest BCUT2D eigenvalue weighted by molar-refractivity contribution is 0.0478. The average molecular weight is 373 g/mol. The summed E-state index contributed by atoms with van der Waals surface area (Å²) in [6, 6.07) is 8.96. The molecule has 0 spiro atoms. The highest BCUT2D eigenvalue weighted by Gasteiger charge is 2.26. The molecular weight excluding hydrogens is 354 g/mol. The van der Waals surface area contributed by atoms with Crippen LogP contribution in [0.5, 0.6) is 0 Å². The molecule has 2 aromatic rings. The Morgan fingerprint density at radius 3 is 2.22 bits per heavy atom. The van der Waals surface area contributed by atoms with Crippen molar-refractivity contribution < 1.29 is 23.9 Å². The monoisotopic (exact) mass is 373 g/mol. The van der Waals surface area contributed by atoms with Gasteiger partial charge in [-0.3, -0.25) is 15.0 Å². The molecule has 1 heterocycles. The Morgan fingerprint density at radius 1 is 1.04 bits per heavy atom. The molecule has 0 unspecified atom stereocenters. The summed E-state index contributed by atoms with van der Waals surface area (Å²) in [6.07, 6.45) is 0. The summed E-state index contributed by atoms with van der Waals surface area (Å²) in [7, 11) is 0. The summed E-state index contributed by atoms with van der Waals surface area (Å²) >= 11 is 0. The van der Waals surface area contributed by atoms with E-state index in [9.17, 15) is 19.2 Å². The van der Waals surface area contributed by atoms with Crippen LogP contribution in [0.3, 0.4) is 0 Å². The molecule has 0 saturated carbocycles. The van der Waals surface area contributed by atoms with Gasteiger partial charge < -0.3 is 15.2 Å². The van der Waals surface area contributed by atoms with E-state index in [1.165, 1.54) is 12.1 Å². The van der Waals surface area contributed by atoms with Crippen LogP contribution in [0.4, 0.5) is 5.82 Å². The second kappa shape index (κ2) is 8.65. The number of pyridine rings is 1. The van der Waals surface area contributed by atoms with E-state index in [0.29, 0.717) is 4.68 Å². The molecule has 0 saturated heterocycles. The van der Waals surface area contributed by atoms with E-state index in [-0.39, 0.29) is 29.9 Å². The smallest absolute Gasteiger partial charge is 0.342 e. The fourth-order valence-electron chi connectivity index (χ4n) is 2.29. The average Bonchev–Trinajstić information content (AvgIpc) is 2.65. The third-order valence-electron chi connectivity index (χ3n) is 3.48. The second-order valence-electron chi connectivity index (χ2n) is 5.24. The summed E-state index contributed by atoms with van der Waals surface area (Å²) in [5.41, 5.74) is 7.00. The number of anilines is 1. The van der Waals surface area contributed by atoms with Crippen LogP contribution in [-0.2, 0) is 9.47 Å². The summed E-state index contributed by atoms with van der Waals surface area (Å²) < 4.78 is 10.5. The maximum absolute atomic E-state index is 12.4. The number of benzene rings is 1. The molecule has 0 atom stereocenters. The number of nitrogens with one attached hydrogen (secondary N) is 1. The first-order valence-corrected chi connectivity index (χ1v) is 8.16. The molecular formula is C18H19N3O6. The first-order chi connectivity index (χ1) is 12.9. The van der Waals surface area contributed by atoms with Crippen molar-refractivity contribution in [3.05, 3.63) is 63.4 Å². The fourth-order valence-corrected chi connectivity index (χ4v) is 2.29. The van der Waals surface area contributed by atoms with Gasteiger partial charge >= 0.3 is 11.9 Å². The number of ether oxygens (including phenoxy) is 2. The van der Waals surface area contributed by atoms with Gasteiger partial charge in [-0.25, -0.2) is 14.3 Å². The Labute approximate surface area is 154 Å². The van der Waals surface area contributed by atoms with Gasteiger partial charge in [-0.05, 0) is 26.0 Å². The Balaban J connectivity index is 2.54. The minimum absolute atomic E-state index is 0.0238. The van der Waals surface area contributed by atoms with Crippen molar-refractivity contribution in [3.8, 4) is 0 Å². The predicted molar refractivity (Wildman–Crippen MR) is 97.2 cm³/mol. The van der Waals surface area contributed by atoms with Crippen LogP contribution in [0, 0.1) is 0 Å². The molecule has 0 fully saturated rings. The van der Waals surface area contributed by atoms with Crippen molar-refractivity contribution in [2.75, 3.05) is 24.4 Å². The zero-order valence-electron chi connectivity index (χ0n) is 14.9. The molecule has 0 radical (unpaired) electrons. The molecule has 9 heteroatoms. The lowest BCUT2D eigenvalue weighted by Gasteiger charge is -2.16. The third kappa shape index (κ3) is 4.32. The van der Waals surface area contributed by atoms with Crippen LogP contribution in [-0.4, -0.2) is 35.7 Å². The highest BCUT2D eigenvalue weighted by atomic mass is 16.5. The van der Waals surface area contributed by atoms with Crippen molar-refractivity contribution in [2.24, 2.45) is 0 Å². The number of nitrogen functional groups attached to an aromatic ring is 1. The molecule has 1 aromatic carbocycles. The predicted octanol–water partition coefficient (Wildman–Crippen LogP) is 1.17. The molecule has 0 aliphatic carbocycles. The number of aromatic nitrogens is 1. The van der Waals surface area contributed by atoms with Crippen LogP contribution in [0.15, 0.2) is 41.2 Å². The number of nitrogens with zero attached hydrogens (tertiary/aromatic N) is 1. The van der Waals surface area contributed by atoms with E-state index in [2.05, 4.69) is 5.43 Å². The van der Waals surface area contributed by atoms with Gasteiger partial charge in [-0.2, -0.15) is 0 Å². The van der Waals surface area contributed by atoms with Crippen LogP contribution >= 0.6 is 0 Å². The van der Waals surface area contributed by atoms with Gasteiger partial charge in [0.1, 0.15) is 11.4 Å². The maximum atomic E-state index is 12.4. The quantitative estimate of drug-likeness (QED) is 0.727. The lowest BCUT2D eigenvalue weighted by Crippen LogP contribution is -2.37. The number of hydrogen-bond acceptors (Lipinski definition) is 7. The molecule has 0 aliphatic rings. The van der Waals surface area contributed by atoms with Gasteiger partial charge in [0.15, 0.2) is 0 Å². The second-order valence-corrected chi connectivity index (χ2v) is 5.24. The normalized spacial score (nSPS) is 10.1. The Morgan fingerprint density at radius 2 is 1.63 bits per heavy atom. The van der Waals surface area contributed by atoms with E-state index >= 15 is 0 Å². The van der Waals surface area contributed by atoms with E-state index in [1.807, 2.05) is 0 Å². The first kappa shape index (κ1) is 19.7. The molecule has 0 aliphatic heterocycles. The zero-order valence-corrected chi connectivity index (χ0v) is 14.9. The SMILES string of the molecule is CCOC(=O)c1cc(=O)n(NC(=O)c2ccccc2)c(N)c1C(=O)OCC. The lowest BCUT2D eigenvalue weighted by atomic mass is 10.1. The Hall–Kier alpha value is -3.62. The molecule has 1 amide bonds. The van der Waals surface area contributed by atoms with Crippen LogP contribution in [0.2, 0.25) is 0 Å². The van der Waals surface area contributed by atoms with Crippen molar-refractivity contribution in [1.29, 1.82) is 0 Å². The standard InChI is InChI=1S/C18H19N3O6/c1-3-26-17(24)12-10-13(22)21(15(19)14(12)18(25)27-4-2)20-16(23)11-8-6-5-7-9-11/h5-10H,3-4,19H2,1-2H3,(H,20,23). The van der Waals surface area contributed by atoms with E-state index in [4.69, 9.17) is 15.2 Å². The van der Waals surface area contributed by atoms with E-state index < -0.39 is 29.2 Å². The van der Waals surface area contributed by atoms with Crippen LogP contribution in [0.1, 0.15) is 44.9 Å². The minimum Gasteiger partial charge on any atom is -0.462 e. The van der Waals surface area contributed by atoms with Gasteiger partial charge in [0.05, 0.1) is 18.8 Å². The van der Waals surface area contributed by atoms with Crippen molar-refractivity contribution in [1.82, 2.24) is 4.68 Å². The van der Waals surface area contributed by atoms with Crippen molar-refractivity contribution in [3.63, 3.8) is 0 Å². The first-order valence-electron chi connectivity index (χ1n) is 8.16. The number of carbonyl (C=O) groups excluding carboxylic acids is 3. The molecule has 2 rings (SSSR count). The maximum Gasteiger partial charge on any atom is 0.342 e. The topological polar surface area (TPSA) is 130 Å². The Kier molecular flexibility index (Phi) is 6.32. The third-order valence-corrected chi connectivity index (χ3v) is 3.48. The largest absolute Gasteiger partial charge is 0.462 e. The van der Waals surface area contributed by atoms with Gasteiger partial charge in [0.2, 0.25) is 0 Å². The highest BCUT2D eigenvalue weighted by Crippen LogP contribution is 2.17. The fraction of sp³-hybridized carbons (Fsp3) is 0.222. The molecule has 1 aromatic heterocycles. The van der Waals surface area contributed by atoms with Gasteiger partial charge in [0.25, 0.3) is 11.5 Å². The van der Waals surface area contributed by atoms with Crippen molar-refractivity contribution in [2.45, 2.75) is 13.8 Å².